The molecule has 8 heteroatoms. The number of aryl methyl sites for hydroxylation is 2. The van der Waals surface area contributed by atoms with E-state index in [1.165, 1.54) is 4.57 Å². The number of nitrogens with one attached hydrogen (secondary N) is 2. The van der Waals surface area contributed by atoms with Crippen LogP contribution in [0.5, 0.6) is 0 Å². The fraction of sp³-hybridized carbons (Fsp3) is 0.412. The number of carbonyl (C=O) groups excluding carboxylic acids is 1. The van der Waals surface area contributed by atoms with Crippen LogP contribution in [0.2, 0.25) is 0 Å². The normalized spacial score (nSPS) is 10.8. The Kier molecular flexibility index (Phi) is 5.74. The first-order valence-corrected chi connectivity index (χ1v) is 8.09. The van der Waals surface area contributed by atoms with Gasteiger partial charge >= 0.3 is 0 Å². The van der Waals surface area contributed by atoms with E-state index in [0.717, 1.165) is 11.3 Å². The van der Waals surface area contributed by atoms with E-state index in [9.17, 15) is 9.59 Å². The van der Waals surface area contributed by atoms with Gasteiger partial charge in [0.1, 0.15) is 12.4 Å². The smallest absolute Gasteiger partial charge is 0.293 e. The highest BCUT2D eigenvalue weighted by molar-refractivity contribution is 5.75. The molecule has 0 spiro atoms. The molecule has 2 aromatic heterocycles. The van der Waals surface area contributed by atoms with Gasteiger partial charge in [-0.15, -0.1) is 0 Å². The summed E-state index contributed by atoms with van der Waals surface area (Å²) in [6.45, 7) is 7.67. The van der Waals surface area contributed by atoms with E-state index in [4.69, 9.17) is 5.73 Å². The minimum Gasteiger partial charge on any atom is -0.384 e. The minimum absolute atomic E-state index is 0.0680. The lowest BCUT2D eigenvalue weighted by Gasteiger charge is -2.14. The molecule has 0 aliphatic heterocycles. The largest absolute Gasteiger partial charge is 0.384 e. The second-order valence-electron chi connectivity index (χ2n) is 6.20. The summed E-state index contributed by atoms with van der Waals surface area (Å²) in [5, 5.41) is 5.79. The van der Waals surface area contributed by atoms with Crippen molar-refractivity contribution in [2.45, 2.75) is 46.8 Å². The maximum Gasteiger partial charge on any atom is 0.293 e. The van der Waals surface area contributed by atoms with Crippen LogP contribution in [0.1, 0.15) is 30.8 Å². The van der Waals surface area contributed by atoms with Crippen LogP contribution in [0.15, 0.2) is 23.1 Å². The Balaban J connectivity index is 2.08. The number of anilines is 2. The van der Waals surface area contributed by atoms with E-state index in [1.807, 2.05) is 26.8 Å². The molecule has 0 aliphatic carbocycles. The van der Waals surface area contributed by atoms with Gasteiger partial charge in [-0.05, 0) is 39.3 Å². The van der Waals surface area contributed by atoms with Gasteiger partial charge in [-0.1, -0.05) is 6.07 Å². The second kappa shape index (κ2) is 7.78. The Morgan fingerprint density at radius 1 is 1.32 bits per heavy atom. The van der Waals surface area contributed by atoms with E-state index >= 15 is 0 Å². The van der Waals surface area contributed by atoms with E-state index in [0.29, 0.717) is 18.1 Å². The molecule has 0 unspecified atom stereocenters. The van der Waals surface area contributed by atoms with Gasteiger partial charge < -0.3 is 16.4 Å². The van der Waals surface area contributed by atoms with Crippen LogP contribution in [-0.4, -0.2) is 26.5 Å². The number of nitrogen functional groups attached to an aromatic ring is 1. The second-order valence-corrected chi connectivity index (χ2v) is 6.20. The molecule has 2 rings (SSSR count). The lowest BCUT2D eigenvalue weighted by Crippen LogP contribution is -2.35. The molecule has 0 aliphatic rings. The van der Waals surface area contributed by atoms with Gasteiger partial charge in [0.15, 0.2) is 5.82 Å². The number of pyridine rings is 1. The summed E-state index contributed by atoms with van der Waals surface area (Å²) in [6.07, 6.45) is 1.58. The number of nitrogens with zero attached hydrogens (tertiary/aromatic N) is 3. The molecule has 0 aromatic carbocycles. The highest BCUT2D eigenvalue weighted by Gasteiger charge is 2.12. The van der Waals surface area contributed by atoms with Crippen molar-refractivity contribution >= 4 is 17.5 Å². The number of rotatable bonds is 6. The summed E-state index contributed by atoms with van der Waals surface area (Å²) >= 11 is 0. The summed E-state index contributed by atoms with van der Waals surface area (Å²) in [7, 11) is 0. The molecular formula is C17H24N6O2. The predicted molar refractivity (Wildman–Crippen MR) is 97.2 cm³/mol. The van der Waals surface area contributed by atoms with Crippen LogP contribution < -0.4 is 21.9 Å². The molecule has 134 valence electrons. The minimum atomic E-state index is -0.311. The lowest BCUT2D eigenvalue weighted by molar-refractivity contribution is -0.121. The monoisotopic (exact) mass is 344 g/mol. The van der Waals surface area contributed by atoms with Crippen LogP contribution in [0.4, 0.5) is 11.6 Å². The van der Waals surface area contributed by atoms with Crippen LogP contribution >= 0.6 is 0 Å². The lowest BCUT2D eigenvalue weighted by atomic mass is 10.2. The first kappa shape index (κ1) is 18.4. The first-order valence-electron chi connectivity index (χ1n) is 8.09. The van der Waals surface area contributed by atoms with Crippen LogP contribution in [-0.2, 0) is 17.9 Å². The summed E-state index contributed by atoms with van der Waals surface area (Å²) in [4.78, 5) is 33.0. The number of nitrogens with two attached hydrogens (primary N) is 1. The Hall–Kier alpha value is -2.90. The highest BCUT2D eigenvalue weighted by Crippen LogP contribution is 2.07. The van der Waals surface area contributed by atoms with Gasteiger partial charge in [0.25, 0.3) is 5.56 Å². The van der Waals surface area contributed by atoms with Crippen LogP contribution in [0, 0.1) is 13.8 Å². The molecule has 25 heavy (non-hydrogen) atoms. The summed E-state index contributed by atoms with van der Waals surface area (Å²) < 4.78 is 1.40. The Bertz CT molecular complexity index is 828. The van der Waals surface area contributed by atoms with Gasteiger partial charge in [-0.25, -0.2) is 9.97 Å². The number of aromatic nitrogens is 3. The molecule has 8 nitrogen and oxygen atoms in total. The summed E-state index contributed by atoms with van der Waals surface area (Å²) in [6, 6.07) is 3.59. The van der Waals surface area contributed by atoms with Gasteiger partial charge in [0.05, 0.1) is 0 Å². The van der Waals surface area contributed by atoms with E-state index < -0.39 is 0 Å². The zero-order valence-corrected chi connectivity index (χ0v) is 15.0. The molecule has 2 heterocycles. The standard InChI is InChI=1S/C17H24N6O2/c1-10(2)21-16-17(25)23(11(3)7-20-16)9-15(24)19-8-13-5-6-14(18)22-12(13)4/h5-7,10H,8-9H2,1-4H3,(H2,18,22)(H,19,24)(H,20,21). The molecule has 0 saturated carbocycles. The third kappa shape index (κ3) is 4.79. The zero-order valence-electron chi connectivity index (χ0n) is 15.0. The molecule has 2 aromatic rings. The molecule has 0 fully saturated rings. The van der Waals surface area contributed by atoms with Crippen molar-refractivity contribution in [1.82, 2.24) is 19.9 Å². The SMILES string of the molecule is Cc1nc(N)ccc1CNC(=O)Cn1c(C)cnc(NC(C)C)c1=O. The Morgan fingerprint density at radius 2 is 2.04 bits per heavy atom. The summed E-state index contributed by atoms with van der Waals surface area (Å²) in [5.41, 5.74) is 7.58. The Labute approximate surface area is 146 Å². The van der Waals surface area contributed by atoms with Gasteiger partial charge in [0, 0.05) is 30.2 Å². The van der Waals surface area contributed by atoms with Crippen molar-refractivity contribution in [3.63, 3.8) is 0 Å². The summed E-state index contributed by atoms with van der Waals surface area (Å²) in [5.74, 6) is 0.423. The predicted octanol–water partition coefficient (Wildman–Crippen LogP) is 0.974. The van der Waals surface area contributed by atoms with Crippen LogP contribution in [0.25, 0.3) is 0 Å². The molecule has 0 atom stereocenters. The van der Waals surface area contributed by atoms with E-state index in [2.05, 4.69) is 20.6 Å². The molecule has 0 bridgehead atoms. The van der Waals surface area contributed by atoms with E-state index in [1.54, 1.807) is 19.2 Å². The maximum absolute atomic E-state index is 12.5. The van der Waals surface area contributed by atoms with Gasteiger partial charge in [-0.2, -0.15) is 0 Å². The molecule has 1 amide bonds. The van der Waals surface area contributed by atoms with Gasteiger partial charge in [0.2, 0.25) is 5.91 Å². The van der Waals surface area contributed by atoms with Crippen molar-refractivity contribution in [3.05, 3.63) is 45.6 Å². The van der Waals surface area contributed by atoms with Gasteiger partial charge in [-0.3, -0.25) is 14.2 Å². The average molecular weight is 344 g/mol. The fourth-order valence-electron chi connectivity index (χ4n) is 2.33. The number of carbonyl (C=O) groups is 1. The van der Waals surface area contributed by atoms with Crippen molar-refractivity contribution in [2.24, 2.45) is 0 Å². The molecular weight excluding hydrogens is 320 g/mol. The number of hydrogen-bond donors (Lipinski definition) is 3. The zero-order chi connectivity index (χ0) is 18.6. The van der Waals surface area contributed by atoms with E-state index in [-0.39, 0.29) is 29.9 Å². The van der Waals surface area contributed by atoms with Crippen molar-refractivity contribution < 1.29 is 4.79 Å². The van der Waals surface area contributed by atoms with Crippen molar-refractivity contribution in [1.29, 1.82) is 0 Å². The quantitative estimate of drug-likeness (QED) is 0.719. The average Bonchev–Trinajstić information content (AvgIpc) is 2.53. The topological polar surface area (TPSA) is 115 Å². The van der Waals surface area contributed by atoms with Crippen molar-refractivity contribution in [2.75, 3.05) is 11.1 Å². The third-order valence-corrected chi connectivity index (χ3v) is 3.67. The third-order valence-electron chi connectivity index (χ3n) is 3.67. The molecule has 0 saturated heterocycles. The highest BCUT2D eigenvalue weighted by atomic mass is 16.2. The molecule has 4 N–H and O–H groups in total. The maximum atomic E-state index is 12.5. The fourth-order valence-corrected chi connectivity index (χ4v) is 2.33. The molecule has 0 radical (unpaired) electrons. The van der Waals surface area contributed by atoms with Crippen LogP contribution in [0.3, 0.4) is 0 Å². The van der Waals surface area contributed by atoms with Crippen molar-refractivity contribution in [3.8, 4) is 0 Å². The number of amides is 1. The first-order chi connectivity index (χ1) is 11.8. The Morgan fingerprint density at radius 3 is 2.68 bits per heavy atom. The number of hydrogen-bond acceptors (Lipinski definition) is 6.